The van der Waals surface area contributed by atoms with E-state index in [0.717, 1.165) is 28.7 Å². The first-order valence-corrected chi connectivity index (χ1v) is 9.88. The maximum absolute atomic E-state index is 9.63. The maximum Gasteiger partial charge on any atom is 0.170 e. The molecule has 2 aromatic heterocycles. The predicted octanol–water partition coefficient (Wildman–Crippen LogP) is 4.19. The second-order valence-electron chi connectivity index (χ2n) is 7.09. The molecule has 144 valence electrons. The van der Waals surface area contributed by atoms with Gasteiger partial charge in [0.15, 0.2) is 5.11 Å². The van der Waals surface area contributed by atoms with Crippen molar-refractivity contribution in [2.75, 3.05) is 6.54 Å². The number of aromatic nitrogens is 2. The van der Waals surface area contributed by atoms with Crippen LogP contribution in [0.3, 0.4) is 0 Å². The quantitative estimate of drug-likeness (QED) is 0.652. The van der Waals surface area contributed by atoms with Crippen LogP contribution in [0.2, 0.25) is 0 Å². The van der Waals surface area contributed by atoms with E-state index in [1.807, 2.05) is 36.5 Å². The standard InChI is InChI=1S/C22H24N4OS/c1-4-25-21(20(24-22(25)28)19-7-5-6-12-23-19)18-13-14(2)26(15(18)3)16-8-10-17(27)11-9-16/h5-13,20-21,27H,4H2,1-3H3,(H,24,28)/t20-,21+/m0/s1. The van der Waals surface area contributed by atoms with Crippen molar-refractivity contribution in [3.63, 3.8) is 0 Å². The van der Waals surface area contributed by atoms with Crippen molar-refractivity contribution in [1.29, 1.82) is 0 Å². The summed E-state index contributed by atoms with van der Waals surface area (Å²) in [4.78, 5) is 6.82. The van der Waals surface area contributed by atoms with E-state index in [9.17, 15) is 5.11 Å². The third-order valence-electron chi connectivity index (χ3n) is 5.44. The van der Waals surface area contributed by atoms with E-state index in [1.54, 1.807) is 12.1 Å². The number of phenolic OH excluding ortho intramolecular Hbond substituents is 1. The number of benzene rings is 1. The van der Waals surface area contributed by atoms with Gasteiger partial charge in [-0.15, -0.1) is 0 Å². The minimum atomic E-state index is 0.00224. The number of nitrogens with one attached hydrogen (secondary N) is 1. The SMILES string of the molecule is CCN1C(=S)N[C@@H](c2ccccn2)[C@H]1c1cc(C)n(-c2ccc(O)cc2)c1C. The van der Waals surface area contributed by atoms with Gasteiger partial charge < -0.3 is 19.9 Å². The first-order chi connectivity index (χ1) is 13.5. The van der Waals surface area contributed by atoms with Crippen molar-refractivity contribution in [2.45, 2.75) is 32.9 Å². The van der Waals surface area contributed by atoms with E-state index in [1.165, 1.54) is 11.3 Å². The lowest BCUT2D eigenvalue weighted by atomic mass is 9.97. The Morgan fingerprint density at radius 1 is 1.14 bits per heavy atom. The highest BCUT2D eigenvalue weighted by molar-refractivity contribution is 7.80. The van der Waals surface area contributed by atoms with Crippen LogP contribution in [0.25, 0.3) is 5.69 Å². The third kappa shape index (κ3) is 3.03. The van der Waals surface area contributed by atoms with Gasteiger partial charge in [0.1, 0.15) is 5.75 Å². The third-order valence-corrected chi connectivity index (χ3v) is 5.79. The fourth-order valence-electron chi connectivity index (χ4n) is 4.17. The first-order valence-electron chi connectivity index (χ1n) is 9.47. The summed E-state index contributed by atoms with van der Waals surface area (Å²) in [5, 5.41) is 13.9. The van der Waals surface area contributed by atoms with Crippen molar-refractivity contribution in [3.8, 4) is 11.4 Å². The Bertz CT molecular complexity index is 997. The average molecular weight is 393 g/mol. The van der Waals surface area contributed by atoms with Gasteiger partial charge in [0.25, 0.3) is 0 Å². The Hall–Kier alpha value is -2.86. The van der Waals surface area contributed by atoms with Gasteiger partial charge >= 0.3 is 0 Å². The summed E-state index contributed by atoms with van der Waals surface area (Å²) in [6.07, 6.45) is 1.82. The first kappa shape index (κ1) is 18.5. The van der Waals surface area contributed by atoms with Gasteiger partial charge in [-0.05, 0) is 81.0 Å². The molecule has 5 nitrogen and oxygen atoms in total. The van der Waals surface area contributed by atoms with Gasteiger partial charge in [0.2, 0.25) is 0 Å². The number of hydrogen-bond acceptors (Lipinski definition) is 3. The van der Waals surface area contributed by atoms with Crippen LogP contribution < -0.4 is 5.32 Å². The maximum atomic E-state index is 9.63. The lowest BCUT2D eigenvalue weighted by Gasteiger charge is -2.27. The molecule has 0 aliphatic carbocycles. The molecule has 1 aliphatic heterocycles. The van der Waals surface area contributed by atoms with Gasteiger partial charge in [0.05, 0.1) is 17.8 Å². The van der Waals surface area contributed by atoms with Crippen LogP contribution in [-0.4, -0.2) is 31.2 Å². The topological polar surface area (TPSA) is 53.3 Å². The lowest BCUT2D eigenvalue weighted by Crippen LogP contribution is -2.29. The molecule has 0 spiro atoms. The number of aromatic hydroxyl groups is 1. The molecule has 28 heavy (non-hydrogen) atoms. The normalized spacial score (nSPS) is 19.1. The molecular formula is C22H24N4OS. The molecule has 1 fully saturated rings. The number of pyridine rings is 1. The molecule has 4 rings (SSSR count). The van der Waals surface area contributed by atoms with E-state index in [-0.39, 0.29) is 17.8 Å². The van der Waals surface area contributed by atoms with E-state index in [4.69, 9.17) is 12.2 Å². The van der Waals surface area contributed by atoms with Gasteiger partial charge in [-0.25, -0.2) is 0 Å². The molecule has 0 saturated carbocycles. The summed E-state index contributed by atoms with van der Waals surface area (Å²) in [7, 11) is 0. The second kappa shape index (κ2) is 7.28. The second-order valence-corrected chi connectivity index (χ2v) is 7.48. The molecule has 0 amide bonds. The minimum absolute atomic E-state index is 0.00224. The van der Waals surface area contributed by atoms with Gasteiger partial charge in [-0.3, -0.25) is 4.98 Å². The van der Waals surface area contributed by atoms with Crippen molar-refractivity contribution >= 4 is 17.3 Å². The van der Waals surface area contributed by atoms with Crippen LogP contribution in [0, 0.1) is 13.8 Å². The Balaban J connectivity index is 1.82. The molecule has 2 N–H and O–H groups in total. The summed E-state index contributed by atoms with van der Waals surface area (Å²) < 4.78 is 2.22. The lowest BCUT2D eigenvalue weighted by molar-refractivity contribution is 0.329. The van der Waals surface area contributed by atoms with Gasteiger partial charge in [-0.2, -0.15) is 0 Å². The zero-order valence-electron chi connectivity index (χ0n) is 16.3. The Morgan fingerprint density at radius 3 is 2.54 bits per heavy atom. The molecule has 3 heterocycles. The number of aryl methyl sites for hydroxylation is 1. The summed E-state index contributed by atoms with van der Waals surface area (Å²) in [6, 6.07) is 15.6. The van der Waals surface area contributed by atoms with E-state index < -0.39 is 0 Å². The molecule has 1 aromatic carbocycles. The van der Waals surface area contributed by atoms with E-state index >= 15 is 0 Å². The van der Waals surface area contributed by atoms with Crippen LogP contribution in [0.5, 0.6) is 5.75 Å². The highest BCUT2D eigenvalue weighted by Crippen LogP contribution is 2.41. The molecule has 0 bridgehead atoms. The fourth-order valence-corrected chi connectivity index (χ4v) is 4.54. The van der Waals surface area contributed by atoms with Crippen molar-refractivity contribution in [3.05, 3.63) is 77.4 Å². The van der Waals surface area contributed by atoms with Crippen LogP contribution in [0.1, 0.15) is 41.7 Å². The monoisotopic (exact) mass is 392 g/mol. The van der Waals surface area contributed by atoms with E-state index in [2.05, 4.69) is 46.6 Å². The van der Waals surface area contributed by atoms with Crippen LogP contribution >= 0.6 is 12.2 Å². The molecule has 1 saturated heterocycles. The number of nitrogens with zero attached hydrogens (tertiary/aromatic N) is 3. The van der Waals surface area contributed by atoms with Crippen LogP contribution in [-0.2, 0) is 0 Å². The fraction of sp³-hybridized carbons (Fsp3) is 0.273. The number of likely N-dealkylation sites (N-methyl/N-ethyl adjacent to an activating group) is 1. The summed E-state index contributed by atoms with van der Waals surface area (Å²) in [5.74, 6) is 0.268. The highest BCUT2D eigenvalue weighted by Gasteiger charge is 2.40. The van der Waals surface area contributed by atoms with Crippen LogP contribution in [0.4, 0.5) is 0 Å². The average Bonchev–Trinajstić information content (AvgIpc) is 3.18. The molecular weight excluding hydrogens is 368 g/mol. The zero-order valence-corrected chi connectivity index (χ0v) is 17.1. The minimum Gasteiger partial charge on any atom is -0.508 e. The molecule has 3 aromatic rings. The number of rotatable bonds is 4. The molecule has 0 radical (unpaired) electrons. The molecule has 0 unspecified atom stereocenters. The van der Waals surface area contributed by atoms with Crippen molar-refractivity contribution < 1.29 is 5.11 Å². The van der Waals surface area contributed by atoms with Crippen molar-refractivity contribution in [1.82, 2.24) is 19.8 Å². The Kier molecular flexibility index (Phi) is 4.81. The number of thiocarbonyl (C=S) groups is 1. The van der Waals surface area contributed by atoms with Gasteiger partial charge in [-0.1, -0.05) is 6.07 Å². The zero-order chi connectivity index (χ0) is 19.8. The predicted molar refractivity (Wildman–Crippen MR) is 115 cm³/mol. The smallest absolute Gasteiger partial charge is 0.170 e. The number of hydrogen-bond donors (Lipinski definition) is 2. The molecule has 2 atom stereocenters. The summed E-state index contributed by atoms with van der Waals surface area (Å²) in [6.45, 7) is 7.19. The van der Waals surface area contributed by atoms with E-state index in [0.29, 0.717) is 0 Å². The molecule has 6 heteroatoms. The summed E-state index contributed by atoms with van der Waals surface area (Å²) in [5.41, 5.74) is 5.56. The van der Waals surface area contributed by atoms with Crippen LogP contribution in [0.15, 0.2) is 54.7 Å². The molecule has 1 aliphatic rings. The summed E-state index contributed by atoms with van der Waals surface area (Å²) >= 11 is 5.64. The largest absolute Gasteiger partial charge is 0.508 e. The van der Waals surface area contributed by atoms with Crippen molar-refractivity contribution in [2.24, 2.45) is 0 Å². The Labute approximate surface area is 170 Å². The van der Waals surface area contributed by atoms with Gasteiger partial charge in [0, 0.05) is 29.8 Å². The highest BCUT2D eigenvalue weighted by atomic mass is 32.1. The number of phenols is 1. The Morgan fingerprint density at radius 2 is 1.89 bits per heavy atom.